The molecule has 0 spiro atoms. The molecule has 2 aromatic carbocycles. The quantitative estimate of drug-likeness (QED) is 0.731. The summed E-state index contributed by atoms with van der Waals surface area (Å²) in [6, 6.07) is 17.5. The summed E-state index contributed by atoms with van der Waals surface area (Å²) in [5.74, 6) is 0.998. The molecule has 0 radical (unpaired) electrons. The van der Waals surface area contributed by atoms with Crippen LogP contribution >= 0.6 is 0 Å². The van der Waals surface area contributed by atoms with Crippen molar-refractivity contribution >= 4 is 11.4 Å². The molecule has 1 atom stereocenters. The lowest BCUT2D eigenvalue weighted by Crippen LogP contribution is -2.36. The first-order valence-corrected chi connectivity index (χ1v) is 8.33. The van der Waals surface area contributed by atoms with E-state index in [4.69, 9.17) is 0 Å². The van der Waals surface area contributed by atoms with Gasteiger partial charge >= 0.3 is 0 Å². The van der Waals surface area contributed by atoms with Crippen LogP contribution in [0.2, 0.25) is 0 Å². The number of para-hydroxylation sites is 3. The molecule has 0 aliphatic carbocycles. The van der Waals surface area contributed by atoms with Gasteiger partial charge in [-0.25, -0.2) is 4.98 Å². The number of hydrogen-bond donors (Lipinski definition) is 0. The Balaban J connectivity index is 1.96. The standard InChI is InChI=1S/C20H22N4/c1-15(22(2)3)14-24-17-9-5-4-8-16(17)20-21-12-13-23(20)18-10-6-7-11-19(18)24/h4-13,15H,14H2,1-3H3. The minimum absolute atomic E-state index is 0.427. The first-order chi connectivity index (χ1) is 11.7. The SMILES string of the molecule is CC(CN1c2ccccc2-c2nccn2-c2ccccc21)N(C)C. The van der Waals surface area contributed by atoms with Gasteiger partial charge in [0.05, 0.1) is 17.1 Å². The molecular formula is C20H22N4. The van der Waals surface area contributed by atoms with Crippen molar-refractivity contribution in [3.63, 3.8) is 0 Å². The molecule has 1 aliphatic rings. The Labute approximate surface area is 143 Å². The number of rotatable bonds is 3. The van der Waals surface area contributed by atoms with Crippen LogP contribution in [-0.4, -0.2) is 41.1 Å². The van der Waals surface area contributed by atoms with Crippen LogP contribution in [0.5, 0.6) is 0 Å². The third-order valence-corrected chi connectivity index (χ3v) is 4.84. The first kappa shape index (κ1) is 15.0. The third kappa shape index (κ3) is 2.31. The molecule has 1 aliphatic heterocycles. The van der Waals surface area contributed by atoms with Crippen LogP contribution in [0.15, 0.2) is 60.9 Å². The zero-order chi connectivity index (χ0) is 16.7. The summed E-state index contributed by atoms with van der Waals surface area (Å²) in [7, 11) is 4.26. The fourth-order valence-electron chi connectivity index (χ4n) is 3.25. The number of fused-ring (bicyclic) bond motifs is 5. The van der Waals surface area contributed by atoms with Gasteiger partial charge in [0.25, 0.3) is 0 Å². The van der Waals surface area contributed by atoms with E-state index in [1.54, 1.807) is 0 Å². The van der Waals surface area contributed by atoms with E-state index in [0.29, 0.717) is 6.04 Å². The van der Waals surface area contributed by atoms with Crippen molar-refractivity contribution in [3.05, 3.63) is 60.9 Å². The topological polar surface area (TPSA) is 24.3 Å². The molecule has 1 unspecified atom stereocenters. The van der Waals surface area contributed by atoms with E-state index in [0.717, 1.165) is 12.4 Å². The van der Waals surface area contributed by atoms with Gasteiger partial charge in [-0.1, -0.05) is 24.3 Å². The molecule has 0 saturated heterocycles. The average Bonchev–Trinajstić information content (AvgIpc) is 3.05. The number of anilines is 2. The zero-order valence-corrected chi connectivity index (χ0v) is 14.3. The van der Waals surface area contributed by atoms with Crippen molar-refractivity contribution < 1.29 is 0 Å². The minimum atomic E-state index is 0.427. The molecule has 122 valence electrons. The van der Waals surface area contributed by atoms with Gasteiger partial charge in [0.2, 0.25) is 0 Å². The van der Waals surface area contributed by atoms with Crippen molar-refractivity contribution in [2.24, 2.45) is 0 Å². The summed E-state index contributed by atoms with van der Waals surface area (Å²) in [4.78, 5) is 9.31. The summed E-state index contributed by atoms with van der Waals surface area (Å²) in [5.41, 5.74) is 4.77. The first-order valence-electron chi connectivity index (χ1n) is 8.33. The Kier molecular flexibility index (Phi) is 3.62. The largest absolute Gasteiger partial charge is 0.338 e. The van der Waals surface area contributed by atoms with Gasteiger partial charge in [-0.15, -0.1) is 0 Å². The number of nitrogens with zero attached hydrogens (tertiary/aromatic N) is 4. The van der Waals surface area contributed by atoms with E-state index < -0.39 is 0 Å². The average molecular weight is 318 g/mol. The second-order valence-electron chi connectivity index (χ2n) is 6.55. The molecule has 4 nitrogen and oxygen atoms in total. The maximum Gasteiger partial charge on any atom is 0.146 e. The van der Waals surface area contributed by atoms with Gasteiger partial charge in [0.1, 0.15) is 5.82 Å². The van der Waals surface area contributed by atoms with Crippen molar-refractivity contribution in [1.82, 2.24) is 14.5 Å². The molecule has 3 aromatic rings. The number of aromatic nitrogens is 2. The van der Waals surface area contributed by atoms with Gasteiger partial charge in [-0.05, 0) is 45.3 Å². The highest BCUT2D eigenvalue weighted by Crippen LogP contribution is 2.41. The van der Waals surface area contributed by atoms with Crippen LogP contribution < -0.4 is 4.90 Å². The maximum atomic E-state index is 4.63. The summed E-state index contributed by atoms with van der Waals surface area (Å²) in [6.45, 7) is 3.18. The number of imidazole rings is 1. The second kappa shape index (κ2) is 5.80. The van der Waals surface area contributed by atoms with Crippen LogP contribution in [-0.2, 0) is 0 Å². The summed E-state index contributed by atoms with van der Waals surface area (Å²) in [6.07, 6.45) is 3.92. The maximum absolute atomic E-state index is 4.63. The van der Waals surface area contributed by atoms with Crippen molar-refractivity contribution in [1.29, 1.82) is 0 Å². The molecule has 4 rings (SSSR count). The highest BCUT2D eigenvalue weighted by Gasteiger charge is 2.26. The van der Waals surface area contributed by atoms with Crippen LogP contribution in [0.25, 0.3) is 17.1 Å². The molecule has 0 amide bonds. The number of hydrogen-bond acceptors (Lipinski definition) is 3. The van der Waals surface area contributed by atoms with Gasteiger partial charge in [0.15, 0.2) is 0 Å². The predicted molar refractivity (Wildman–Crippen MR) is 99.2 cm³/mol. The van der Waals surface area contributed by atoms with E-state index in [-0.39, 0.29) is 0 Å². The molecule has 2 heterocycles. The molecule has 0 bridgehead atoms. The molecule has 0 fully saturated rings. The number of likely N-dealkylation sites (N-methyl/N-ethyl adjacent to an activating group) is 1. The molecule has 0 saturated carbocycles. The lowest BCUT2D eigenvalue weighted by Gasteiger charge is -2.31. The summed E-state index contributed by atoms with van der Waals surface area (Å²) < 4.78 is 2.19. The van der Waals surface area contributed by atoms with Crippen molar-refractivity contribution in [2.45, 2.75) is 13.0 Å². The monoisotopic (exact) mass is 318 g/mol. The minimum Gasteiger partial charge on any atom is -0.338 e. The van der Waals surface area contributed by atoms with Crippen LogP contribution in [0.3, 0.4) is 0 Å². The fraction of sp³-hybridized carbons (Fsp3) is 0.250. The summed E-state index contributed by atoms with van der Waals surface area (Å²) >= 11 is 0. The lowest BCUT2D eigenvalue weighted by molar-refractivity contribution is 0.319. The Morgan fingerprint density at radius 2 is 1.62 bits per heavy atom. The molecular weight excluding hydrogens is 296 g/mol. The lowest BCUT2D eigenvalue weighted by atomic mass is 10.1. The zero-order valence-electron chi connectivity index (χ0n) is 14.3. The molecule has 24 heavy (non-hydrogen) atoms. The van der Waals surface area contributed by atoms with Crippen LogP contribution in [0, 0.1) is 0 Å². The fourth-order valence-corrected chi connectivity index (χ4v) is 3.25. The van der Waals surface area contributed by atoms with Gasteiger partial charge in [-0.3, -0.25) is 4.57 Å². The third-order valence-electron chi connectivity index (χ3n) is 4.84. The Morgan fingerprint density at radius 3 is 2.38 bits per heavy atom. The normalized spacial score (nSPS) is 13.9. The van der Waals surface area contributed by atoms with Crippen molar-refractivity contribution in [2.75, 3.05) is 25.5 Å². The highest BCUT2D eigenvalue weighted by atomic mass is 15.2. The van der Waals surface area contributed by atoms with Gasteiger partial charge in [-0.2, -0.15) is 0 Å². The molecule has 0 N–H and O–H groups in total. The van der Waals surface area contributed by atoms with Crippen LogP contribution in [0.4, 0.5) is 11.4 Å². The second-order valence-corrected chi connectivity index (χ2v) is 6.55. The van der Waals surface area contributed by atoms with E-state index in [2.05, 4.69) is 88.9 Å². The van der Waals surface area contributed by atoms with E-state index in [1.165, 1.54) is 22.6 Å². The number of benzene rings is 2. The van der Waals surface area contributed by atoms with E-state index >= 15 is 0 Å². The Morgan fingerprint density at radius 1 is 0.958 bits per heavy atom. The Bertz CT molecular complexity index is 803. The summed E-state index contributed by atoms with van der Waals surface area (Å²) in [5, 5.41) is 0. The van der Waals surface area contributed by atoms with Gasteiger partial charge < -0.3 is 9.80 Å². The molecule has 1 aromatic heterocycles. The van der Waals surface area contributed by atoms with E-state index in [9.17, 15) is 0 Å². The van der Waals surface area contributed by atoms with Crippen molar-refractivity contribution in [3.8, 4) is 17.1 Å². The van der Waals surface area contributed by atoms with E-state index in [1.807, 2.05) is 12.4 Å². The van der Waals surface area contributed by atoms with Gasteiger partial charge in [0, 0.05) is 30.5 Å². The smallest absolute Gasteiger partial charge is 0.146 e. The highest BCUT2D eigenvalue weighted by molar-refractivity contribution is 5.86. The Hall–Kier alpha value is -2.59. The molecule has 4 heteroatoms. The predicted octanol–water partition coefficient (Wildman–Crippen LogP) is 3.94. The van der Waals surface area contributed by atoms with Crippen LogP contribution in [0.1, 0.15) is 6.92 Å².